The summed E-state index contributed by atoms with van der Waals surface area (Å²) in [6.45, 7) is -2.53. The summed E-state index contributed by atoms with van der Waals surface area (Å²) in [6.07, 6.45) is 1.02. The second-order valence-electron chi connectivity index (χ2n) is 6.44. The predicted molar refractivity (Wildman–Crippen MR) is 96.2 cm³/mol. The first kappa shape index (κ1) is 17.5. The second-order valence-corrected chi connectivity index (χ2v) is 6.44. The van der Waals surface area contributed by atoms with Crippen LogP contribution in [0, 0.1) is 0 Å². The lowest BCUT2D eigenvalue weighted by Gasteiger charge is -2.32. The van der Waals surface area contributed by atoms with Gasteiger partial charge in [-0.15, -0.1) is 0 Å². The zero-order valence-electron chi connectivity index (χ0n) is 14.5. The summed E-state index contributed by atoms with van der Waals surface area (Å²) in [5.41, 5.74) is 2.82. The summed E-state index contributed by atoms with van der Waals surface area (Å²) >= 11 is 0. The number of fused-ring (bicyclic) bond motifs is 1. The summed E-state index contributed by atoms with van der Waals surface area (Å²) in [7, 11) is 0. The minimum absolute atomic E-state index is 0.0118. The third-order valence-electron chi connectivity index (χ3n) is 4.71. The van der Waals surface area contributed by atoms with E-state index in [-0.39, 0.29) is 11.7 Å². The molecule has 2 aliphatic rings. The SMILES string of the molecule is O=C([C@H]1CC(c2ccccc2)=NO1)N1CCCc2cccc(OC(F)F)c21. The quantitative estimate of drug-likeness (QED) is 0.821. The minimum atomic E-state index is -2.95. The number of nitrogens with zero attached hydrogens (tertiary/aromatic N) is 2. The molecule has 27 heavy (non-hydrogen) atoms. The van der Waals surface area contributed by atoms with Crippen LogP contribution < -0.4 is 9.64 Å². The lowest BCUT2D eigenvalue weighted by molar-refractivity contribution is -0.128. The van der Waals surface area contributed by atoms with E-state index in [1.165, 1.54) is 11.0 Å². The van der Waals surface area contributed by atoms with Crippen molar-refractivity contribution in [1.82, 2.24) is 0 Å². The molecule has 4 rings (SSSR count). The number of hydrogen-bond donors (Lipinski definition) is 0. The number of hydrogen-bond acceptors (Lipinski definition) is 4. The van der Waals surface area contributed by atoms with Crippen molar-refractivity contribution < 1.29 is 23.1 Å². The van der Waals surface area contributed by atoms with Gasteiger partial charge in [0.15, 0.2) is 0 Å². The second kappa shape index (κ2) is 7.34. The number of para-hydroxylation sites is 1. The van der Waals surface area contributed by atoms with Gasteiger partial charge in [-0.3, -0.25) is 4.79 Å². The Kier molecular flexibility index (Phi) is 4.75. The molecule has 1 amide bonds. The van der Waals surface area contributed by atoms with Crippen LogP contribution in [0.25, 0.3) is 0 Å². The highest BCUT2D eigenvalue weighted by molar-refractivity contribution is 6.07. The summed E-state index contributed by atoms with van der Waals surface area (Å²) in [5, 5.41) is 4.05. The number of carbonyl (C=O) groups is 1. The van der Waals surface area contributed by atoms with Gasteiger partial charge in [0.2, 0.25) is 6.10 Å². The summed E-state index contributed by atoms with van der Waals surface area (Å²) in [4.78, 5) is 19.9. The maximum Gasteiger partial charge on any atom is 0.387 e. The van der Waals surface area contributed by atoms with Gasteiger partial charge in [-0.25, -0.2) is 0 Å². The lowest BCUT2D eigenvalue weighted by atomic mass is 9.99. The van der Waals surface area contributed by atoms with E-state index in [0.717, 1.165) is 17.5 Å². The summed E-state index contributed by atoms with van der Waals surface area (Å²) < 4.78 is 30.2. The number of aryl methyl sites for hydroxylation is 1. The van der Waals surface area contributed by atoms with Gasteiger partial charge in [-0.2, -0.15) is 8.78 Å². The van der Waals surface area contributed by atoms with E-state index in [4.69, 9.17) is 4.84 Å². The lowest BCUT2D eigenvalue weighted by Crippen LogP contribution is -2.42. The fourth-order valence-corrected chi connectivity index (χ4v) is 3.51. The Morgan fingerprint density at radius 3 is 2.78 bits per heavy atom. The van der Waals surface area contributed by atoms with Gasteiger partial charge < -0.3 is 14.5 Å². The maximum absolute atomic E-state index is 13.1. The van der Waals surface area contributed by atoms with E-state index in [2.05, 4.69) is 9.89 Å². The molecule has 1 atom stereocenters. The predicted octanol–water partition coefficient (Wildman–Crippen LogP) is 3.76. The molecule has 0 spiro atoms. The van der Waals surface area contributed by atoms with Crippen LogP contribution in [0.1, 0.15) is 24.0 Å². The molecule has 0 saturated heterocycles. The van der Waals surface area contributed by atoms with Crippen LogP contribution in [0.4, 0.5) is 14.5 Å². The van der Waals surface area contributed by atoms with Gasteiger partial charge in [-0.1, -0.05) is 47.6 Å². The summed E-state index contributed by atoms with van der Waals surface area (Å²) in [6, 6.07) is 14.4. The van der Waals surface area contributed by atoms with Gasteiger partial charge in [0.1, 0.15) is 5.75 Å². The van der Waals surface area contributed by atoms with Gasteiger partial charge in [0.05, 0.1) is 11.4 Å². The molecular formula is C20H18F2N2O3. The molecule has 140 valence electrons. The van der Waals surface area contributed by atoms with Gasteiger partial charge in [0.25, 0.3) is 5.91 Å². The largest absolute Gasteiger partial charge is 0.433 e. The smallest absolute Gasteiger partial charge is 0.387 e. The van der Waals surface area contributed by atoms with Crippen LogP contribution in [0.15, 0.2) is 53.7 Å². The number of alkyl halides is 2. The Hall–Kier alpha value is -2.96. The molecular weight excluding hydrogens is 354 g/mol. The van der Waals surface area contributed by atoms with Gasteiger partial charge in [0, 0.05) is 13.0 Å². The Bertz CT molecular complexity index is 871. The molecule has 2 aliphatic heterocycles. The van der Waals surface area contributed by atoms with Crippen molar-refractivity contribution in [3.05, 3.63) is 59.7 Å². The number of amides is 1. The normalized spacial score (nSPS) is 18.7. The van der Waals surface area contributed by atoms with Crippen LogP contribution in [-0.2, 0) is 16.1 Å². The van der Waals surface area contributed by atoms with Crippen molar-refractivity contribution in [1.29, 1.82) is 0 Å². The molecule has 0 unspecified atom stereocenters. The molecule has 0 radical (unpaired) electrons. The molecule has 2 aromatic rings. The molecule has 7 heteroatoms. The van der Waals surface area contributed by atoms with Crippen LogP contribution >= 0.6 is 0 Å². The van der Waals surface area contributed by atoms with Crippen molar-refractivity contribution in [2.24, 2.45) is 5.16 Å². The summed E-state index contributed by atoms with van der Waals surface area (Å²) in [5.74, 6) is -0.284. The Morgan fingerprint density at radius 2 is 2.00 bits per heavy atom. The first-order valence-electron chi connectivity index (χ1n) is 8.79. The maximum atomic E-state index is 13.1. The highest BCUT2D eigenvalue weighted by atomic mass is 19.3. The number of halogens is 2. The van der Waals surface area contributed by atoms with Crippen molar-refractivity contribution in [3.63, 3.8) is 0 Å². The number of anilines is 1. The average Bonchev–Trinajstić information content (AvgIpc) is 3.18. The number of ether oxygens (including phenoxy) is 1. The number of carbonyl (C=O) groups excluding carboxylic acids is 1. The molecule has 2 heterocycles. The zero-order chi connectivity index (χ0) is 18.8. The van der Waals surface area contributed by atoms with Crippen molar-refractivity contribution in [3.8, 4) is 5.75 Å². The molecule has 0 fully saturated rings. The molecule has 0 aromatic heterocycles. The highest BCUT2D eigenvalue weighted by Crippen LogP contribution is 2.38. The van der Waals surface area contributed by atoms with E-state index >= 15 is 0 Å². The average molecular weight is 372 g/mol. The fourth-order valence-electron chi connectivity index (χ4n) is 3.51. The monoisotopic (exact) mass is 372 g/mol. The van der Waals surface area contributed by atoms with E-state index in [0.29, 0.717) is 30.8 Å². The van der Waals surface area contributed by atoms with Gasteiger partial charge >= 0.3 is 6.61 Å². The van der Waals surface area contributed by atoms with Crippen LogP contribution in [0.5, 0.6) is 5.75 Å². The Labute approximate surface area is 155 Å². The Balaban J connectivity index is 1.56. The van der Waals surface area contributed by atoms with Crippen molar-refractivity contribution >= 4 is 17.3 Å². The molecule has 0 bridgehead atoms. The topological polar surface area (TPSA) is 51.1 Å². The van der Waals surface area contributed by atoms with E-state index < -0.39 is 12.7 Å². The van der Waals surface area contributed by atoms with Crippen LogP contribution in [0.2, 0.25) is 0 Å². The highest BCUT2D eigenvalue weighted by Gasteiger charge is 2.36. The minimum Gasteiger partial charge on any atom is -0.433 e. The standard InChI is InChI=1S/C20H18F2N2O3/c21-20(22)26-16-10-4-8-14-9-5-11-24(18(14)16)19(25)17-12-15(23-27-17)13-6-2-1-3-7-13/h1-4,6-8,10,17,20H,5,9,11-12H2/t17-/m1/s1. The zero-order valence-corrected chi connectivity index (χ0v) is 14.5. The van der Waals surface area contributed by atoms with Crippen LogP contribution in [-0.4, -0.2) is 30.9 Å². The van der Waals surface area contributed by atoms with Crippen molar-refractivity contribution in [2.45, 2.75) is 32.0 Å². The third-order valence-corrected chi connectivity index (χ3v) is 4.71. The first-order chi connectivity index (χ1) is 13.1. The first-order valence-corrected chi connectivity index (χ1v) is 8.79. The number of rotatable bonds is 4. The number of oxime groups is 1. The number of benzene rings is 2. The molecule has 5 nitrogen and oxygen atoms in total. The third kappa shape index (κ3) is 3.49. The molecule has 2 aromatic carbocycles. The van der Waals surface area contributed by atoms with Gasteiger partial charge in [-0.05, 0) is 30.0 Å². The van der Waals surface area contributed by atoms with E-state index in [1.54, 1.807) is 6.07 Å². The Morgan fingerprint density at radius 1 is 1.19 bits per heavy atom. The molecule has 0 N–H and O–H groups in total. The molecule has 0 aliphatic carbocycles. The van der Waals surface area contributed by atoms with Crippen molar-refractivity contribution in [2.75, 3.05) is 11.4 Å². The van der Waals surface area contributed by atoms with E-state index in [9.17, 15) is 13.6 Å². The van der Waals surface area contributed by atoms with Crippen LogP contribution in [0.3, 0.4) is 0 Å². The van der Waals surface area contributed by atoms with E-state index in [1.807, 2.05) is 36.4 Å². The molecule has 0 saturated carbocycles. The fraction of sp³-hybridized carbons (Fsp3) is 0.300.